The number of hydrogen-bond acceptors (Lipinski definition) is 6. The molecule has 2 N–H and O–H groups in total. The van der Waals surface area contributed by atoms with Gasteiger partial charge in [-0.3, -0.25) is 9.59 Å². The third-order valence-corrected chi connectivity index (χ3v) is 5.10. The van der Waals surface area contributed by atoms with E-state index in [0.29, 0.717) is 27.8 Å². The minimum atomic E-state index is -0.167. The van der Waals surface area contributed by atoms with E-state index in [9.17, 15) is 14.7 Å². The Bertz CT molecular complexity index is 914. The summed E-state index contributed by atoms with van der Waals surface area (Å²) in [4.78, 5) is 22.5. The van der Waals surface area contributed by atoms with Crippen LogP contribution in [0, 0.1) is 6.07 Å². The van der Waals surface area contributed by atoms with Crippen LogP contribution in [0.5, 0.6) is 11.5 Å². The molecule has 0 radical (unpaired) electrons. The van der Waals surface area contributed by atoms with Crippen LogP contribution in [0.1, 0.15) is 41.8 Å². The second-order valence-electron chi connectivity index (χ2n) is 6.20. The second-order valence-corrected chi connectivity index (χ2v) is 7.97. The van der Waals surface area contributed by atoms with Crippen LogP contribution < -0.4 is 39.6 Å². The van der Waals surface area contributed by atoms with Gasteiger partial charge in [0.15, 0.2) is 5.78 Å². The van der Waals surface area contributed by atoms with E-state index in [1.54, 1.807) is 18.2 Å². The Labute approximate surface area is 208 Å². The van der Waals surface area contributed by atoms with Gasteiger partial charge >= 0.3 is 29.6 Å². The molecule has 0 spiro atoms. The van der Waals surface area contributed by atoms with Crippen molar-refractivity contribution in [3.8, 4) is 11.5 Å². The maximum atomic E-state index is 11.5. The third-order valence-electron chi connectivity index (χ3n) is 4.03. The Morgan fingerprint density at radius 3 is 2.43 bits per heavy atom. The molecule has 5 nitrogen and oxygen atoms in total. The summed E-state index contributed by atoms with van der Waals surface area (Å²) in [7, 11) is 0. The molecule has 0 aliphatic carbocycles. The van der Waals surface area contributed by atoms with Gasteiger partial charge in [-0.1, -0.05) is 50.0 Å². The fraction of sp³-hybridized carbons (Fsp3) is 0.227. The smallest absolute Gasteiger partial charge is 0.514 e. The van der Waals surface area contributed by atoms with Crippen molar-refractivity contribution in [3.63, 3.8) is 0 Å². The van der Waals surface area contributed by atoms with Crippen LogP contribution in [0.3, 0.4) is 0 Å². The van der Waals surface area contributed by atoms with E-state index in [4.69, 9.17) is 4.74 Å². The van der Waals surface area contributed by atoms with Crippen LogP contribution in [0.2, 0.25) is 0 Å². The first-order valence-corrected chi connectivity index (χ1v) is 10.2. The molecule has 1 aliphatic heterocycles. The minimum absolute atomic E-state index is 0. The van der Waals surface area contributed by atoms with Gasteiger partial charge in [0.25, 0.3) is 5.91 Å². The number of benzene rings is 2. The molecular formula is C22H22NNaO4S2. The molecule has 0 saturated carbocycles. The fourth-order valence-electron chi connectivity index (χ4n) is 2.60. The van der Waals surface area contributed by atoms with Crippen LogP contribution >= 0.6 is 24.0 Å². The Morgan fingerprint density at radius 2 is 1.97 bits per heavy atom. The molecule has 2 aromatic carbocycles. The SMILES string of the molecule is C=C1SC(=S)NC1=O.CCCc1c(COc2cc[c-]cc2)ccc(C(C)=O)c1O.[Na+]. The number of thioether (sulfide) groups is 1. The monoisotopic (exact) mass is 451 g/mol. The van der Waals surface area contributed by atoms with E-state index in [1.165, 1.54) is 18.7 Å². The maximum Gasteiger partial charge on any atom is 1.00 e. The summed E-state index contributed by atoms with van der Waals surface area (Å²) < 4.78 is 6.22. The number of phenolic OH excluding ortho intramolecular Hbond substituents is 1. The first kappa shape index (κ1) is 26.4. The molecule has 3 rings (SSSR count). The molecule has 1 amide bonds. The average molecular weight is 452 g/mol. The summed E-state index contributed by atoms with van der Waals surface area (Å²) in [5.41, 5.74) is 2.08. The molecular weight excluding hydrogens is 429 g/mol. The van der Waals surface area contributed by atoms with E-state index in [0.717, 1.165) is 23.3 Å². The standard InChI is InChI=1S/C18H19O3.C4H3NOS2.Na/c1-3-7-17-14(10-11-16(13(2)19)18(17)20)12-21-15-8-5-4-6-9-15;1-2-3(6)5-4(7)8-2;/h5-6,8-11,20H,3,7,12H2,1-2H3;1H2,(H,5,6,7);/q-1;;+1. The van der Waals surface area contributed by atoms with Gasteiger partial charge in [0.1, 0.15) is 16.7 Å². The summed E-state index contributed by atoms with van der Waals surface area (Å²) in [6, 6.07) is 13.7. The Balaban J connectivity index is 0.000000421. The van der Waals surface area contributed by atoms with Gasteiger partial charge in [-0.05, 0) is 25.0 Å². The molecule has 1 aliphatic rings. The first-order chi connectivity index (χ1) is 13.8. The van der Waals surface area contributed by atoms with Crippen molar-refractivity contribution in [2.24, 2.45) is 0 Å². The zero-order valence-corrected chi connectivity index (χ0v) is 20.9. The topological polar surface area (TPSA) is 75.6 Å². The number of carbonyl (C=O) groups is 2. The van der Waals surface area contributed by atoms with Crippen LogP contribution in [0.25, 0.3) is 0 Å². The average Bonchev–Trinajstić information content (AvgIpc) is 2.98. The van der Waals surface area contributed by atoms with Gasteiger partial charge in [-0.15, -0.1) is 12.1 Å². The van der Waals surface area contributed by atoms with Crippen molar-refractivity contribution in [2.45, 2.75) is 33.3 Å². The number of ketones is 1. The Kier molecular flexibility index (Phi) is 11.4. The van der Waals surface area contributed by atoms with Crippen LogP contribution in [-0.4, -0.2) is 21.1 Å². The van der Waals surface area contributed by atoms with Crippen molar-refractivity contribution < 1.29 is 49.0 Å². The van der Waals surface area contributed by atoms with Gasteiger partial charge in [-0.2, -0.15) is 18.2 Å². The van der Waals surface area contributed by atoms with Crippen LogP contribution in [0.15, 0.2) is 47.9 Å². The zero-order valence-electron chi connectivity index (χ0n) is 17.3. The minimum Gasteiger partial charge on any atom is -0.514 e. The number of aromatic hydroxyl groups is 1. The predicted molar refractivity (Wildman–Crippen MR) is 119 cm³/mol. The molecule has 152 valence electrons. The van der Waals surface area contributed by atoms with Gasteiger partial charge in [-0.25, -0.2) is 0 Å². The van der Waals surface area contributed by atoms with Gasteiger partial charge in [0, 0.05) is 11.3 Å². The van der Waals surface area contributed by atoms with Crippen molar-refractivity contribution in [3.05, 3.63) is 70.6 Å². The summed E-state index contributed by atoms with van der Waals surface area (Å²) in [6.07, 6.45) is 1.61. The Hall–Kier alpha value is -1.64. The maximum absolute atomic E-state index is 11.5. The number of ether oxygens (including phenoxy) is 1. The number of thiocarbonyl (C=S) groups is 1. The van der Waals surface area contributed by atoms with Gasteiger partial charge < -0.3 is 15.2 Å². The molecule has 2 aromatic rings. The molecule has 30 heavy (non-hydrogen) atoms. The number of phenols is 1. The number of amides is 1. The molecule has 8 heteroatoms. The van der Waals surface area contributed by atoms with Crippen molar-refractivity contribution in [2.75, 3.05) is 0 Å². The number of nitrogens with one attached hydrogen (secondary N) is 1. The summed E-state index contributed by atoms with van der Waals surface area (Å²) in [5, 5.41) is 12.7. The van der Waals surface area contributed by atoms with E-state index in [2.05, 4.69) is 30.2 Å². The number of Topliss-reactive ketones (excluding diaryl/α,β-unsaturated/α-hetero) is 1. The van der Waals surface area contributed by atoms with Crippen molar-refractivity contribution >= 4 is 40.0 Å². The summed E-state index contributed by atoms with van der Waals surface area (Å²) >= 11 is 5.85. The van der Waals surface area contributed by atoms with Gasteiger partial charge in [0.05, 0.1) is 10.5 Å². The quantitative estimate of drug-likeness (QED) is 0.228. The molecule has 1 fully saturated rings. The zero-order chi connectivity index (χ0) is 21.4. The number of hydrogen-bond donors (Lipinski definition) is 2. The molecule has 0 unspecified atom stereocenters. The molecule has 1 heterocycles. The summed E-state index contributed by atoms with van der Waals surface area (Å²) in [6.45, 7) is 7.31. The molecule has 0 bridgehead atoms. The number of rotatable bonds is 6. The fourth-order valence-corrected chi connectivity index (χ4v) is 3.51. The van der Waals surface area contributed by atoms with Crippen LogP contribution in [0.4, 0.5) is 0 Å². The first-order valence-electron chi connectivity index (χ1n) is 8.99. The summed E-state index contributed by atoms with van der Waals surface area (Å²) in [5.74, 6) is 0.550. The van der Waals surface area contributed by atoms with E-state index in [-0.39, 0.29) is 47.0 Å². The van der Waals surface area contributed by atoms with E-state index >= 15 is 0 Å². The van der Waals surface area contributed by atoms with E-state index in [1.807, 2.05) is 25.1 Å². The van der Waals surface area contributed by atoms with Crippen LogP contribution in [-0.2, 0) is 17.8 Å². The molecule has 1 saturated heterocycles. The third kappa shape index (κ3) is 7.56. The molecule has 0 aromatic heterocycles. The molecule has 0 atom stereocenters. The Morgan fingerprint density at radius 1 is 1.30 bits per heavy atom. The largest absolute Gasteiger partial charge is 1.00 e. The normalized spacial score (nSPS) is 12.4. The number of carbonyl (C=O) groups excluding carboxylic acids is 2. The van der Waals surface area contributed by atoms with Gasteiger partial charge in [0.2, 0.25) is 0 Å². The van der Waals surface area contributed by atoms with Crippen molar-refractivity contribution in [1.82, 2.24) is 5.32 Å². The second kappa shape index (κ2) is 12.9. The predicted octanol–water partition coefficient (Wildman–Crippen LogP) is 1.58. The van der Waals surface area contributed by atoms with Crippen molar-refractivity contribution in [1.29, 1.82) is 0 Å². The van der Waals surface area contributed by atoms with E-state index < -0.39 is 0 Å².